The lowest BCUT2D eigenvalue weighted by Crippen LogP contribution is -2.29. The summed E-state index contributed by atoms with van der Waals surface area (Å²) in [5.41, 5.74) is 2.10. The molecule has 0 fully saturated rings. The molecule has 0 aliphatic heterocycles. The van der Waals surface area contributed by atoms with Crippen LogP contribution in [0, 0.1) is 0 Å². The first-order valence-corrected chi connectivity index (χ1v) is 8.27. The molecule has 0 bridgehead atoms. The summed E-state index contributed by atoms with van der Waals surface area (Å²) < 4.78 is 10.7. The first kappa shape index (κ1) is 16.8. The number of furan rings is 1. The predicted octanol–water partition coefficient (Wildman–Crippen LogP) is 4.13. The number of methoxy groups -OCH3 is 1. The second-order valence-corrected chi connectivity index (χ2v) is 5.77. The minimum absolute atomic E-state index is 0.0129. The Hall–Kier alpha value is -3.01. The number of hydrogen-bond donors (Lipinski definition) is 1. The molecule has 25 heavy (non-hydrogen) atoms. The maximum absolute atomic E-state index is 12.4. The molecule has 3 rings (SSSR count). The van der Waals surface area contributed by atoms with E-state index < -0.39 is 0 Å². The number of amides is 1. The Balaban J connectivity index is 1.64. The smallest absolute Gasteiger partial charge is 0.221 e. The Morgan fingerprint density at radius 2 is 1.80 bits per heavy atom. The van der Waals surface area contributed by atoms with Crippen molar-refractivity contribution in [1.82, 2.24) is 5.32 Å². The van der Waals surface area contributed by atoms with Gasteiger partial charge in [-0.3, -0.25) is 4.79 Å². The van der Waals surface area contributed by atoms with Gasteiger partial charge in [-0.05, 0) is 41.8 Å². The summed E-state index contributed by atoms with van der Waals surface area (Å²) >= 11 is 0. The molecule has 0 saturated heterocycles. The van der Waals surface area contributed by atoms with E-state index in [0.717, 1.165) is 22.6 Å². The van der Waals surface area contributed by atoms with Gasteiger partial charge in [-0.2, -0.15) is 0 Å². The van der Waals surface area contributed by atoms with Crippen molar-refractivity contribution in [2.45, 2.75) is 18.9 Å². The first-order chi connectivity index (χ1) is 12.3. The van der Waals surface area contributed by atoms with E-state index in [9.17, 15) is 4.79 Å². The maximum atomic E-state index is 12.4. The van der Waals surface area contributed by atoms with Crippen molar-refractivity contribution in [3.63, 3.8) is 0 Å². The van der Waals surface area contributed by atoms with Crippen molar-refractivity contribution >= 4 is 5.91 Å². The highest BCUT2D eigenvalue weighted by Crippen LogP contribution is 2.22. The van der Waals surface area contributed by atoms with Crippen LogP contribution in [-0.4, -0.2) is 13.0 Å². The quantitative estimate of drug-likeness (QED) is 0.706. The number of hydrogen-bond acceptors (Lipinski definition) is 3. The number of carbonyl (C=O) groups excluding carboxylic acids is 1. The Bertz CT molecular complexity index is 780. The van der Waals surface area contributed by atoms with Crippen molar-refractivity contribution < 1.29 is 13.9 Å². The topological polar surface area (TPSA) is 51.5 Å². The summed E-state index contributed by atoms with van der Waals surface area (Å²) in [5.74, 6) is 1.53. The van der Waals surface area contributed by atoms with Crippen LogP contribution in [0.2, 0.25) is 0 Å². The zero-order valence-corrected chi connectivity index (χ0v) is 14.1. The molecule has 0 radical (unpaired) electrons. The van der Waals surface area contributed by atoms with Crippen LogP contribution in [-0.2, 0) is 11.2 Å². The van der Waals surface area contributed by atoms with Crippen LogP contribution in [0.1, 0.15) is 29.3 Å². The number of rotatable bonds is 7. The summed E-state index contributed by atoms with van der Waals surface area (Å²) in [6.45, 7) is 0. The second-order valence-electron chi connectivity index (χ2n) is 5.77. The lowest BCUT2D eigenvalue weighted by Gasteiger charge is -2.17. The van der Waals surface area contributed by atoms with E-state index in [2.05, 4.69) is 5.32 Å². The summed E-state index contributed by atoms with van der Waals surface area (Å²) in [6.07, 6.45) is 2.71. The molecule has 4 heteroatoms. The van der Waals surface area contributed by atoms with Gasteiger partial charge in [0.25, 0.3) is 0 Å². The summed E-state index contributed by atoms with van der Waals surface area (Å²) in [4.78, 5) is 12.4. The van der Waals surface area contributed by atoms with Gasteiger partial charge >= 0.3 is 0 Å². The number of aryl methyl sites for hydroxylation is 1. The van der Waals surface area contributed by atoms with E-state index in [1.54, 1.807) is 13.4 Å². The summed E-state index contributed by atoms with van der Waals surface area (Å²) in [6, 6.07) is 21.0. The molecule has 4 nitrogen and oxygen atoms in total. The van der Waals surface area contributed by atoms with Gasteiger partial charge in [-0.25, -0.2) is 0 Å². The average Bonchev–Trinajstić information content (AvgIpc) is 3.20. The fraction of sp³-hybridized carbons (Fsp3) is 0.190. The fourth-order valence-electron chi connectivity index (χ4n) is 2.70. The maximum Gasteiger partial charge on any atom is 0.221 e. The van der Waals surface area contributed by atoms with Crippen LogP contribution in [0.5, 0.6) is 5.75 Å². The number of carbonyl (C=O) groups is 1. The normalized spacial score (nSPS) is 11.7. The van der Waals surface area contributed by atoms with Gasteiger partial charge in [0.1, 0.15) is 17.6 Å². The number of benzene rings is 2. The van der Waals surface area contributed by atoms with Gasteiger partial charge in [0, 0.05) is 6.42 Å². The monoisotopic (exact) mass is 335 g/mol. The van der Waals surface area contributed by atoms with Crippen molar-refractivity contribution in [3.8, 4) is 5.75 Å². The van der Waals surface area contributed by atoms with Gasteiger partial charge in [-0.1, -0.05) is 42.5 Å². The highest BCUT2D eigenvalue weighted by atomic mass is 16.5. The zero-order chi connectivity index (χ0) is 17.5. The van der Waals surface area contributed by atoms with Gasteiger partial charge < -0.3 is 14.5 Å². The van der Waals surface area contributed by atoms with E-state index in [4.69, 9.17) is 9.15 Å². The predicted molar refractivity (Wildman–Crippen MR) is 96.5 cm³/mol. The van der Waals surface area contributed by atoms with Crippen LogP contribution >= 0.6 is 0 Å². The molecule has 3 aromatic rings. The number of nitrogens with one attached hydrogen (secondary N) is 1. The van der Waals surface area contributed by atoms with E-state index >= 15 is 0 Å². The minimum Gasteiger partial charge on any atom is -0.497 e. The third-order valence-electron chi connectivity index (χ3n) is 4.07. The molecule has 0 aliphatic carbocycles. The average molecular weight is 335 g/mol. The van der Waals surface area contributed by atoms with E-state index in [0.29, 0.717) is 12.8 Å². The summed E-state index contributed by atoms with van der Waals surface area (Å²) in [7, 11) is 1.64. The largest absolute Gasteiger partial charge is 0.497 e. The summed E-state index contributed by atoms with van der Waals surface area (Å²) in [5, 5.41) is 3.07. The highest BCUT2D eigenvalue weighted by Gasteiger charge is 2.19. The molecule has 1 heterocycles. The van der Waals surface area contributed by atoms with Crippen molar-refractivity contribution in [1.29, 1.82) is 0 Å². The van der Waals surface area contributed by atoms with E-state index in [1.165, 1.54) is 0 Å². The highest BCUT2D eigenvalue weighted by molar-refractivity contribution is 5.77. The van der Waals surface area contributed by atoms with Crippen molar-refractivity contribution in [2.24, 2.45) is 0 Å². The zero-order valence-electron chi connectivity index (χ0n) is 14.1. The van der Waals surface area contributed by atoms with E-state index in [-0.39, 0.29) is 11.9 Å². The molecule has 1 atom stereocenters. The van der Waals surface area contributed by atoms with Gasteiger partial charge in [0.15, 0.2) is 0 Å². The molecule has 0 aliphatic rings. The molecule has 0 unspecified atom stereocenters. The third kappa shape index (κ3) is 4.51. The Kier molecular flexibility index (Phi) is 5.52. The molecular weight excluding hydrogens is 314 g/mol. The van der Waals surface area contributed by atoms with Gasteiger partial charge in [0.05, 0.1) is 13.4 Å². The third-order valence-corrected chi connectivity index (χ3v) is 4.07. The Labute approximate surface area is 147 Å². The van der Waals surface area contributed by atoms with E-state index in [1.807, 2.05) is 66.7 Å². The molecule has 1 N–H and O–H groups in total. The Morgan fingerprint density at radius 1 is 1.04 bits per heavy atom. The van der Waals surface area contributed by atoms with Crippen LogP contribution in [0.3, 0.4) is 0 Å². The van der Waals surface area contributed by atoms with Crippen LogP contribution in [0.25, 0.3) is 0 Å². The molecular formula is C21H21NO3. The molecule has 0 saturated carbocycles. The Morgan fingerprint density at radius 3 is 2.44 bits per heavy atom. The molecule has 0 spiro atoms. The van der Waals surface area contributed by atoms with Crippen LogP contribution in [0.4, 0.5) is 0 Å². The SMILES string of the molecule is COc1ccc(CCC(=O)N[C@@H](c2ccccc2)c2ccco2)cc1. The lowest BCUT2D eigenvalue weighted by atomic mass is 10.0. The first-order valence-electron chi connectivity index (χ1n) is 8.27. The minimum atomic E-state index is -0.278. The van der Waals surface area contributed by atoms with Crippen LogP contribution < -0.4 is 10.1 Å². The number of ether oxygens (including phenoxy) is 1. The molecule has 2 aromatic carbocycles. The second kappa shape index (κ2) is 8.20. The molecule has 1 aromatic heterocycles. The van der Waals surface area contributed by atoms with Gasteiger partial charge in [-0.15, -0.1) is 0 Å². The lowest BCUT2D eigenvalue weighted by molar-refractivity contribution is -0.121. The standard InChI is InChI=1S/C21H21NO3/c1-24-18-12-9-16(10-13-18)11-14-20(23)22-21(19-8-5-15-25-19)17-6-3-2-4-7-17/h2-10,12-13,15,21H,11,14H2,1H3,(H,22,23)/t21-/m0/s1. The van der Waals surface area contributed by atoms with Gasteiger partial charge in [0.2, 0.25) is 5.91 Å². The van der Waals surface area contributed by atoms with Crippen LogP contribution in [0.15, 0.2) is 77.4 Å². The van der Waals surface area contributed by atoms with Crippen molar-refractivity contribution in [3.05, 3.63) is 89.9 Å². The fourth-order valence-corrected chi connectivity index (χ4v) is 2.70. The molecule has 128 valence electrons. The molecule has 1 amide bonds. The van der Waals surface area contributed by atoms with Crippen molar-refractivity contribution in [2.75, 3.05) is 7.11 Å².